The second kappa shape index (κ2) is 8.86. The number of likely N-dealkylation sites (tertiary alicyclic amines) is 1. The number of likely N-dealkylation sites (N-methyl/N-ethyl adjacent to an activating group) is 1. The lowest BCUT2D eigenvalue weighted by atomic mass is 10.0. The molecule has 0 spiro atoms. The summed E-state index contributed by atoms with van der Waals surface area (Å²) in [5.41, 5.74) is 1.37. The Labute approximate surface area is 150 Å². The van der Waals surface area contributed by atoms with Crippen molar-refractivity contribution in [3.05, 3.63) is 60.1 Å². The Kier molecular flexibility index (Phi) is 6.29. The van der Waals surface area contributed by atoms with E-state index in [2.05, 4.69) is 42.3 Å². The fourth-order valence-electron chi connectivity index (χ4n) is 3.52. The summed E-state index contributed by atoms with van der Waals surface area (Å²) >= 11 is 0. The number of rotatable bonds is 7. The summed E-state index contributed by atoms with van der Waals surface area (Å²) in [7, 11) is 2.18. The Bertz CT molecular complexity index is 639. The monoisotopic (exact) mass is 340 g/mol. The van der Waals surface area contributed by atoms with Gasteiger partial charge in [0.15, 0.2) is 0 Å². The van der Waals surface area contributed by atoms with Gasteiger partial charge in [0.25, 0.3) is 0 Å². The predicted molar refractivity (Wildman–Crippen MR) is 99.4 cm³/mol. The summed E-state index contributed by atoms with van der Waals surface area (Å²) < 4.78 is 5.33. The van der Waals surface area contributed by atoms with Crippen molar-refractivity contribution in [2.75, 3.05) is 26.7 Å². The molecule has 2 heterocycles. The summed E-state index contributed by atoms with van der Waals surface area (Å²) in [6.07, 6.45) is 6.21. The SMILES string of the molecule is CN(CCc1ccccc1)[C@H]1CCCN(C(=O)CCc2ccco2)C1. The zero-order valence-corrected chi connectivity index (χ0v) is 15.1. The van der Waals surface area contributed by atoms with Crippen LogP contribution in [-0.2, 0) is 17.6 Å². The smallest absolute Gasteiger partial charge is 0.223 e. The fourth-order valence-corrected chi connectivity index (χ4v) is 3.52. The first-order valence-electron chi connectivity index (χ1n) is 9.26. The highest BCUT2D eigenvalue weighted by molar-refractivity contribution is 5.76. The van der Waals surface area contributed by atoms with Crippen molar-refractivity contribution in [1.82, 2.24) is 9.80 Å². The van der Waals surface area contributed by atoms with E-state index in [-0.39, 0.29) is 5.91 Å². The van der Waals surface area contributed by atoms with E-state index in [1.54, 1.807) is 6.26 Å². The van der Waals surface area contributed by atoms with Gasteiger partial charge in [-0.15, -0.1) is 0 Å². The molecule has 0 N–H and O–H groups in total. The van der Waals surface area contributed by atoms with Gasteiger partial charge in [-0.2, -0.15) is 0 Å². The number of hydrogen-bond acceptors (Lipinski definition) is 3. The van der Waals surface area contributed by atoms with Crippen LogP contribution in [0.4, 0.5) is 0 Å². The minimum atomic E-state index is 0.248. The first-order chi connectivity index (χ1) is 12.2. The van der Waals surface area contributed by atoms with Crippen LogP contribution < -0.4 is 0 Å². The molecular weight excluding hydrogens is 312 g/mol. The molecule has 1 saturated heterocycles. The lowest BCUT2D eigenvalue weighted by Crippen LogP contribution is -2.49. The first kappa shape index (κ1) is 17.7. The topological polar surface area (TPSA) is 36.7 Å². The second-order valence-electron chi connectivity index (χ2n) is 6.93. The standard InChI is InChI=1S/C21H28N2O2/c1-22(15-13-18-7-3-2-4-8-18)19-9-5-14-23(17-19)21(24)12-11-20-10-6-16-25-20/h2-4,6-8,10,16,19H,5,9,11-15,17H2,1H3/t19-/m0/s1. The van der Waals surface area contributed by atoms with Gasteiger partial charge in [-0.3, -0.25) is 4.79 Å². The number of nitrogens with zero attached hydrogens (tertiary/aromatic N) is 2. The van der Waals surface area contributed by atoms with E-state index in [4.69, 9.17) is 4.42 Å². The molecule has 0 bridgehead atoms. The Morgan fingerprint density at radius 2 is 2.04 bits per heavy atom. The van der Waals surface area contributed by atoms with Gasteiger partial charge in [-0.25, -0.2) is 0 Å². The number of benzene rings is 1. The van der Waals surface area contributed by atoms with Crippen molar-refractivity contribution >= 4 is 5.91 Å². The third-order valence-electron chi connectivity index (χ3n) is 5.13. The molecule has 1 aromatic heterocycles. The van der Waals surface area contributed by atoms with E-state index in [0.29, 0.717) is 18.9 Å². The van der Waals surface area contributed by atoms with E-state index in [1.807, 2.05) is 17.0 Å². The average molecular weight is 340 g/mol. The van der Waals surface area contributed by atoms with Crippen LogP contribution in [0.2, 0.25) is 0 Å². The number of amides is 1. The Morgan fingerprint density at radius 1 is 1.20 bits per heavy atom. The third-order valence-corrected chi connectivity index (χ3v) is 5.13. The summed E-state index contributed by atoms with van der Waals surface area (Å²) in [5.74, 6) is 1.14. The number of carbonyl (C=O) groups is 1. The van der Waals surface area contributed by atoms with Gasteiger partial charge in [-0.1, -0.05) is 30.3 Å². The van der Waals surface area contributed by atoms with Gasteiger partial charge in [0.2, 0.25) is 5.91 Å². The van der Waals surface area contributed by atoms with Gasteiger partial charge < -0.3 is 14.2 Å². The van der Waals surface area contributed by atoms with Crippen molar-refractivity contribution in [3.8, 4) is 0 Å². The van der Waals surface area contributed by atoms with Crippen molar-refractivity contribution < 1.29 is 9.21 Å². The van der Waals surface area contributed by atoms with Crippen LogP contribution in [0.5, 0.6) is 0 Å². The third kappa shape index (κ3) is 5.20. The molecule has 1 atom stereocenters. The number of hydrogen-bond donors (Lipinski definition) is 0. The van der Waals surface area contributed by atoms with Crippen LogP contribution in [0.25, 0.3) is 0 Å². The first-order valence-corrected chi connectivity index (χ1v) is 9.26. The maximum Gasteiger partial charge on any atom is 0.223 e. The average Bonchev–Trinajstić information content (AvgIpc) is 3.18. The molecule has 2 aromatic rings. The van der Waals surface area contributed by atoms with Crippen LogP contribution in [-0.4, -0.2) is 48.4 Å². The zero-order valence-electron chi connectivity index (χ0n) is 15.1. The molecular formula is C21H28N2O2. The molecule has 0 radical (unpaired) electrons. The van der Waals surface area contributed by atoms with Crippen molar-refractivity contribution in [2.45, 2.75) is 38.1 Å². The number of piperidine rings is 1. The molecule has 0 unspecified atom stereocenters. The van der Waals surface area contributed by atoms with E-state index in [9.17, 15) is 4.79 Å². The Hall–Kier alpha value is -2.07. The Balaban J connectivity index is 1.45. The van der Waals surface area contributed by atoms with E-state index in [1.165, 1.54) is 12.0 Å². The number of furan rings is 1. The minimum absolute atomic E-state index is 0.248. The highest BCUT2D eigenvalue weighted by Gasteiger charge is 2.25. The van der Waals surface area contributed by atoms with Crippen LogP contribution in [0, 0.1) is 0 Å². The molecule has 1 aliphatic heterocycles. The maximum atomic E-state index is 12.5. The lowest BCUT2D eigenvalue weighted by molar-refractivity contribution is -0.133. The summed E-state index contributed by atoms with van der Waals surface area (Å²) in [5, 5.41) is 0. The number of carbonyl (C=O) groups excluding carboxylic acids is 1. The second-order valence-corrected chi connectivity index (χ2v) is 6.93. The molecule has 0 saturated carbocycles. The van der Waals surface area contributed by atoms with Gasteiger partial charge in [0.05, 0.1) is 6.26 Å². The van der Waals surface area contributed by atoms with E-state index >= 15 is 0 Å². The van der Waals surface area contributed by atoms with Gasteiger partial charge in [0.1, 0.15) is 5.76 Å². The predicted octanol–water partition coefficient (Wildman–Crippen LogP) is 3.38. The molecule has 25 heavy (non-hydrogen) atoms. The molecule has 1 amide bonds. The summed E-state index contributed by atoms with van der Waals surface area (Å²) in [6, 6.07) is 14.9. The fraction of sp³-hybridized carbons (Fsp3) is 0.476. The minimum Gasteiger partial charge on any atom is -0.469 e. The molecule has 4 nitrogen and oxygen atoms in total. The molecule has 1 fully saturated rings. The quantitative estimate of drug-likeness (QED) is 0.775. The summed E-state index contributed by atoms with van der Waals surface area (Å²) in [4.78, 5) is 17.0. The van der Waals surface area contributed by atoms with Crippen LogP contribution in [0.3, 0.4) is 0 Å². The molecule has 1 aromatic carbocycles. The highest BCUT2D eigenvalue weighted by Crippen LogP contribution is 2.17. The molecule has 0 aliphatic carbocycles. The van der Waals surface area contributed by atoms with Gasteiger partial charge >= 0.3 is 0 Å². The molecule has 3 rings (SSSR count). The van der Waals surface area contributed by atoms with Crippen LogP contribution in [0.1, 0.15) is 30.6 Å². The molecule has 4 heteroatoms. The van der Waals surface area contributed by atoms with Gasteiger partial charge in [-0.05, 0) is 44.0 Å². The zero-order chi connectivity index (χ0) is 17.5. The maximum absolute atomic E-state index is 12.5. The summed E-state index contributed by atoms with van der Waals surface area (Å²) in [6.45, 7) is 2.77. The highest BCUT2D eigenvalue weighted by atomic mass is 16.3. The van der Waals surface area contributed by atoms with Crippen molar-refractivity contribution in [3.63, 3.8) is 0 Å². The normalized spacial score (nSPS) is 17.8. The van der Waals surface area contributed by atoms with E-state index < -0.39 is 0 Å². The lowest BCUT2D eigenvalue weighted by Gasteiger charge is -2.37. The molecule has 134 valence electrons. The van der Waals surface area contributed by atoms with Gasteiger partial charge in [0, 0.05) is 38.5 Å². The van der Waals surface area contributed by atoms with Crippen molar-refractivity contribution in [1.29, 1.82) is 0 Å². The van der Waals surface area contributed by atoms with Crippen molar-refractivity contribution in [2.24, 2.45) is 0 Å². The van der Waals surface area contributed by atoms with Crippen LogP contribution >= 0.6 is 0 Å². The van der Waals surface area contributed by atoms with Crippen LogP contribution in [0.15, 0.2) is 53.1 Å². The molecule has 1 aliphatic rings. The number of aryl methyl sites for hydroxylation is 1. The Morgan fingerprint density at radius 3 is 2.80 bits per heavy atom. The van der Waals surface area contributed by atoms with E-state index in [0.717, 1.165) is 38.2 Å². The largest absolute Gasteiger partial charge is 0.469 e.